The van der Waals surface area contributed by atoms with Crippen molar-refractivity contribution in [2.45, 2.75) is 45.8 Å². The summed E-state index contributed by atoms with van der Waals surface area (Å²) in [6, 6.07) is 0. The maximum absolute atomic E-state index is 12.4. The third-order valence-corrected chi connectivity index (χ3v) is 4.70. The molecule has 3 N–H and O–H groups in total. The summed E-state index contributed by atoms with van der Waals surface area (Å²) in [6.07, 6.45) is 3.33. The van der Waals surface area contributed by atoms with Gasteiger partial charge in [0.2, 0.25) is 0 Å². The summed E-state index contributed by atoms with van der Waals surface area (Å²) in [5.74, 6) is 0.796. The maximum Gasteiger partial charge on any atom is 0.272 e. The molecule has 2 atom stereocenters. The van der Waals surface area contributed by atoms with Gasteiger partial charge in [-0.3, -0.25) is 9.89 Å². The van der Waals surface area contributed by atoms with E-state index in [0.29, 0.717) is 24.1 Å². The Morgan fingerprint density at radius 3 is 3.18 bits per heavy atom. The van der Waals surface area contributed by atoms with Gasteiger partial charge in [-0.25, -0.2) is 0 Å². The number of rotatable bonds is 4. The fourth-order valence-corrected chi connectivity index (χ4v) is 3.54. The lowest BCUT2D eigenvalue weighted by Gasteiger charge is -2.34. The lowest BCUT2D eigenvalue weighted by atomic mass is 9.87. The van der Waals surface area contributed by atoms with Crippen molar-refractivity contribution in [1.29, 1.82) is 0 Å². The monoisotopic (exact) mass is 306 g/mol. The van der Waals surface area contributed by atoms with Crippen molar-refractivity contribution in [3.05, 3.63) is 17.0 Å². The van der Waals surface area contributed by atoms with Crippen molar-refractivity contribution in [2.24, 2.45) is 11.8 Å². The normalized spacial score (nSPS) is 25.0. The molecule has 0 bridgehead atoms. The Morgan fingerprint density at radius 1 is 1.50 bits per heavy atom. The van der Waals surface area contributed by atoms with Crippen molar-refractivity contribution < 1.29 is 9.53 Å². The van der Waals surface area contributed by atoms with Crippen LogP contribution in [0.15, 0.2) is 0 Å². The van der Waals surface area contributed by atoms with Crippen LogP contribution in [-0.2, 0) is 17.7 Å². The van der Waals surface area contributed by atoms with Crippen LogP contribution in [-0.4, -0.2) is 41.9 Å². The summed E-state index contributed by atoms with van der Waals surface area (Å²) in [6.45, 7) is 7.52. The molecule has 2 aliphatic heterocycles. The maximum atomic E-state index is 12.4. The first-order valence-corrected chi connectivity index (χ1v) is 8.33. The number of hydrogen-bond donors (Lipinski definition) is 3. The molecule has 3 rings (SSSR count). The van der Waals surface area contributed by atoms with Crippen molar-refractivity contribution in [3.8, 4) is 0 Å². The standard InChI is InChI=1S/C16H26N4O2/c1-10(2)15-11(4-3-7-22-15)8-18-16(21)14-12-9-17-6-5-13(12)19-20-14/h10-11,15,17H,3-9H2,1-2H3,(H,18,21)(H,19,20). The Morgan fingerprint density at radius 2 is 2.36 bits per heavy atom. The van der Waals surface area contributed by atoms with E-state index in [1.165, 1.54) is 0 Å². The molecule has 0 radical (unpaired) electrons. The summed E-state index contributed by atoms with van der Waals surface area (Å²) in [4.78, 5) is 12.4. The minimum atomic E-state index is -0.0747. The number of aromatic nitrogens is 2. The average molecular weight is 306 g/mol. The Labute approximate surface area is 131 Å². The quantitative estimate of drug-likeness (QED) is 0.782. The van der Waals surface area contributed by atoms with E-state index >= 15 is 0 Å². The van der Waals surface area contributed by atoms with Crippen molar-refractivity contribution in [3.63, 3.8) is 0 Å². The van der Waals surface area contributed by atoms with Crippen LogP contribution in [0.2, 0.25) is 0 Å². The van der Waals surface area contributed by atoms with Gasteiger partial charge in [-0.1, -0.05) is 13.8 Å². The van der Waals surface area contributed by atoms with E-state index < -0.39 is 0 Å². The molecule has 3 heterocycles. The number of ether oxygens (including phenoxy) is 1. The molecule has 0 spiro atoms. The zero-order valence-electron chi connectivity index (χ0n) is 13.4. The number of amides is 1. The third kappa shape index (κ3) is 3.17. The van der Waals surface area contributed by atoms with Crippen LogP contribution in [0.5, 0.6) is 0 Å². The van der Waals surface area contributed by atoms with Crippen LogP contribution in [0.4, 0.5) is 0 Å². The van der Waals surface area contributed by atoms with Crippen LogP contribution in [0, 0.1) is 11.8 Å². The minimum absolute atomic E-state index is 0.0747. The van der Waals surface area contributed by atoms with Gasteiger partial charge in [-0.15, -0.1) is 0 Å². The first kappa shape index (κ1) is 15.5. The molecule has 0 aromatic carbocycles. The summed E-state index contributed by atoms with van der Waals surface area (Å²) in [5.41, 5.74) is 2.65. The number of nitrogens with one attached hydrogen (secondary N) is 3. The number of carbonyl (C=O) groups is 1. The van der Waals surface area contributed by atoms with Crippen LogP contribution in [0.1, 0.15) is 48.4 Å². The van der Waals surface area contributed by atoms with Gasteiger partial charge in [-0.05, 0) is 18.8 Å². The Bertz CT molecular complexity index is 526. The highest BCUT2D eigenvalue weighted by Crippen LogP contribution is 2.26. The predicted octanol–water partition coefficient (Wildman–Crippen LogP) is 1.24. The molecule has 1 fully saturated rings. The van der Waals surface area contributed by atoms with Crippen molar-refractivity contribution in [2.75, 3.05) is 19.7 Å². The summed E-state index contributed by atoms with van der Waals surface area (Å²) < 4.78 is 5.88. The molecule has 0 aliphatic carbocycles. The molecular formula is C16H26N4O2. The second-order valence-electron chi connectivity index (χ2n) is 6.65. The fraction of sp³-hybridized carbons (Fsp3) is 0.750. The molecule has 2 aliphatic rings. The minimum Gasteiger partial charge on any atom is -0.378 e. The van der Waals surface area contributed by atoms with Gasteiger partial charge in [0, 0.05) is 49.8 Å². The second-order valence-corrected chi connectivity index (χ2v) is 6.65. The lowest BCUT2D eigenvalue weighted by Crippen LogP contribution is -2.41. The Balaban J connectivity index is 1.61. The summed E-state index contributed by atoms with van der Waals surface area (Å²) in [7, 11) is 0. The van der Waals surface area contributed by atoms with Crippen LogP contribution >= 0.6 is 0 Å². The highest BCUT2D eigenvalue weighted by Gasteiger charge is 2.29. The number of H-pyrrole nitrogens is 1. The zero-order chi connectivity index (χ0) is 15.5. The summed E-state index contributed by atoms with van der Waals surface area (Å²) >= 11 is 0. The molecular weight excluding hydrogens is 280 g/mol. The molecule has 0 saturated carbocycles. The molecule has 1 aromatic heterocycles. The molecule has 1 saturated heterocycles. The van der Waals surface area contributed by atoms with Gasteiger partial charge in [-0.2, -0.15) is 5.10 Å². The molecule has 2 unspecified atom stereocenters. The number of aromatic amines is 1. The first-order chi connectivity index (χ1) is 10.7. The molecule has 1 aromatic rings. The van der Waals surface area contributed by atoms with Gasteiger partial charge in [0.15, 0.2) is 5.69 Å². The van der Waals surface area contributed by atoms with E-state index in [2.05, 4.69) is 34.7 Å². The predicted molar refractivity (Wildman–Crippen MR) is 83.6 cm³/mol. The van der Waals surface area contributed by atoms with Crippen LogP contribution in [0.25, 0.3) is 0 Å². The molecule has 6 heteroatoms. The fourth-order valence-electron chi connectivity index (χ4n) is 3.54. The second kappa shape index (κ2) is 6.79. The molecule has 6 nitrogen and oxygen atoms in total. The Hall–Kier alpha value is -1.40. The van der Waals surface area contributed by atoms with Gasteiger partial charge < -0.3 is 15.4 Å². The highest BCUT2D eigenvalue weighted by atomic mass is 16.5. The van der Waals surface area contributed by atoms with E-state index in [1.54, 1.807) is 0 Å². The summed E-state index contributed by atoms with van der Waals surface area (Å²) in [5, 5.41) is 13.6. The van der Waals surface area contributed by atoms with Gasteiger partial charge in [0.25, 0.3) is 5.91 Å². The van der Waals surface area contributed by atoms with Crippen molar-refractivity contribution >= 4 is 5.91 Å². The molecule has 1 amide bonds. The van der Waals surface area contributed by atoms with Crippen molar-refractivity contribution in [1.82, 2.24) is 20.8 Å². The van der Waals surface area contributed by atoms with E-state index in [1.807, 2.05) is 0 Å². The SMILES string of the molecule is CC(C)C1OCCCC1CNC(=O)c1n[nH]c2c1CNCC2. The zero-order valence-corrected chi connectivity index (χ0v) is 13.4. The smallest absolute Gasteiger partial charge is 0.272 e. The largest absolute Gasteiger partial charge is 0.378 e. The first-order valence-electron chi connectivity index (χ1n) is 8.33. The van der Waals surface area contributed by atoms with Crippen LogP contribution < -0.4 is 10.6 Å². The number of hydrogen-bond acceptors (Lipinski definition) is 4. The van der Waals surface area contributed by atoms with Gasteiger partial charge in [0.05, 0.1) is 6.10 Å². The number of fused-ring (bicyclic) bond motifs is 1. The third-order valence-electron chi connectivity index (χ3n) is 4.70. The van der Waals surface area contributed by atoms with Gasteiger partial charge >= 0.3 is 0 Å². The number of carbonyl (C=O) groups excluding carboxylic acids is 1. The van der Waals surface area contributed by atoms with E-state index in [-0.39, 0.29) is 12.0 Å². The van der Waals surface area contributed by atoms with E-state index in [9.17, 15) is 4.79 Å². The lowest BCUT2D eigenvalue weighted by molar-refractivity contribution is -0.0510. The van der Waals surface area contributed by atoms with Gasteiger partial charge in [0.1, 0.15) is 0 Å². The molecule has 122 valence electrons. The van der Waals surface area contributed by atoms with E-state index in [0.717, 1.165) is 50.2 Å². The Kier molecular flexibility index (Phi) is 4.78. The number of nitrogens with zero attached hydrogens (tertiary/aromatic N) is 1. The average Bonchev–Trinajstić information content (AvgIpc) is 2.97. The molecule has 22 heavy (non-hydrogen) atoms. The topological polar surface area (TPSA) is 79.0 Å². The van der Waals surface area contributed by atoms with Crippen LogP contribution in [0.3, 0.4) is 0 Å². The highest BCUT2D eigenvalue weighted by molar-refractivity contribution is 5.94. The van der Waals surface area contributed by atoms with E-state index in [4.69, 9.17) is 4.74 Å².